The molecule has 7 nitrogen and oxygen atoms in total. The fraction of sp³-hybridized carbons (Fsp3) is 0.700. The summed E-state index contributed by atoms with van der Waals surface area (Å²) in [6.45, 7) is 7.64. The number of nitrogens with one attached hydrogen (secondary N) is 1. The molecule has 1 N–H and O–H groups in total. The number of likely N-dealkylation sites (N-methyl/N-ethyl adjacent to an activating group) is 1. The van der Waals surface area contributed by atoms with Gasteiger partial charge in [0.05, 0.1) is 12.2 Å². The minimum Gasteiger partial charge on any atom is -0.466 e. The molecule has 27 heavy (non-hydrogen) atoms. The minimum atomic E-state index is -0.280. The standard InChI is InChI=1S/C20H35N3O4/c1-7-9-13-27-18(25)12-10-11-17(8-2)14-22-19(23(6)16(4)24)15(3)20(26)21-5/h14,17H,7-13H2,1-6H3,(H,21,26)/b19-15-,22-14?. The summed E-state index contributed by atoms with van der Waals surface area (Å²) in [6, 6.07) is 0. The second kappa shape index (κ2) is 13.9. The Morgan fingerprint density at radius 3 is 2.37 bits per heavy atom. The molecule has 0 saturated heterocycles. The van der Waals surface area contributed by atoms with Crippen molar-refractivity contribution in [2.45, 2.75) is 66.2 Å². The third-order valence-corrected chi connectivity index (χ3v) is 4.34. The third-order valence-electron chi connectivity index (χ3n) is 4.34. The van der Waals surface area contributed by atoms with E-state index in [0.29, 0.717) is 30.8 Å². The first-order valence-electron chi connectivity index (χ1n) is 9.65. The molecule has 0 aromatic carbocycles. The normalized spacial score (nSPS) is 13.1. The molecule has 0 fully saturated rings. The highest BCUT2D eigenvalue weighted by molar-refractivity contribution is 5.94. The molecule has 1 unspecified atom stereocenters. The highest BCUT2D eigenvalue weighted by Gasteiger charge is 2.16. The summed E-state index contributed by atoms with van der Waals surface area (Å²) in [7, 11) is 3.13. The number of rotatable bonds is 12. The van der Waals surface area contributed by atoms with Crippen LogP contribution in [-0.4, -0.2) is 49.6 Å². The summed E-state index contributed by atoms with van der Waals surface area (Å²) < 4.78 is 5.16. The molecule has 0 aromatic heterocycles. The van der Waals surface area contributed by atoms with Crippen LogP contribution in [0.3, 0.4) is 0 Å². The molecule has 0 rings (SSSR count). The predicted molar refractivity (Wildman–Crippen MR) is 107 cm³/mol. The van der Waals surface area contributed by atoms with Crippen LogP contribution in [0.25, 0.3) is 0 Å². The SMILES string of the molecule is CCCCOC(=O)CCCC(C=N/C(=C(\C)C(=O)NC)N(C)C(C)=O)CC. The van der Waals surface area contributed by atoms with E-state index in [9.17, 15) is 14.4 Å². The Kier molecular flexibility index (Phi) is 12.8. The van der Waals surface area contributed by atoms with Crippen molar-refractivity contribution < 1.29 is 19.1 Å². The van der Waals surface area contributed by atoms with Crippen LogP contribution in [0.2, 0.25) is 0 Å². The number of aliphatic imine (C=N–C) groups is 1. The summed E-state index contributed by atoms with van der Waals surface area (Å²) >= 11 is 0. The molecule has 0 aliphatic heterocycles. The van der Waals surface area contributed by atoms with Crippen molar-refractivity contribution in [3.8, 4) is 0 Å². The number of ether oxygens (including phenoxy) is 1. The minimum absolute atomic E-state index is 0.154. The van der Waals surface area contributed by atoms with Crippen molar-refractivity contribution in [1.29, 1.82) is 0 Å². The summed E-state index contributed by atoms with van der Waals surface area (Å²) in [4.78, 5) is 41.1. The van der Waals surface area contributed by atoms with Gasteiger partial charge in [-0.1, -0.05) is 20.3 Å². The highest BCUT2D eigenvalue weighted by atomic mass is 16.5. The molecule has 0 aliphatic carbocycles. The van der Waals surface area contributed by atoms with E-state index in [-0.39, 0.29) is 23.7 Å². The first-order valence-corrected chi connectivity index (χ1v) is 9.65. The second-order valence-electron chi connectivity index (χ2n) is 6.52. The first-order chi connectivity index (χ1) is 12.8. The van der Waals surface area contributed by atoms with Gasteiger partial charge in [0.1, 0.15) is 5.82 Å². The molecule has 154 valence electrons. The van der Waals surface area contributed by atoms with Gasteiger partial charge >= 0.3 is 5.97 Å². The Labute approximate surface area is 163 Å². The maximum Gasteiger partial charge on any atom is 0.305 e. The maximum absolute atomic E-state index is 11.9. The number of nitrogens with zero attached hydrogens (tertiary/aromatic N) is 2. The monoisotopic (exact) mass is 381 g/mol. The van der Waals surface area contributed by atoms with Crippen molar-refractivity contribution in [1.82, 2.24) is 10.2 Å². The Morgan fingerprint density at radius 1 is 1.19 bits per heavy atom. The zero-order valence-corrected chi connectivity index (χ0v) is 17.6. The number of amides is 2. The summed E-state index contributed by atoms with van der Waals surface area (Å²) in [5.74, 6) is -0.158. The van der Waals surface area contributed by atoms with Crippen molar-refractivity contribution >= 4 is 24.0 Å². The maximum atomic E-state index is 11.9. The van der Waals surface area contributed by atoms with Crippen LogP contribution in [0.4, 0.5) is 0 Å². The lowest BCUT2D eigenvalue weighted by Gasteiger charge is -2.18. The van der Waals surface area contributed by atoms with E-state index in [1.807, 2.05) is 6.92 Å². The molecule has 0 spiro atoms. The Balaban J connectivity index is 4.91. The number of esters is 1. The molecule has 0 saturated carbocycles. The lowest BCUT2D eigenvalue weighted by Crippen LogP contribution is -2.28. The molecular weight excluding hydrogens is 346 g/mol. The summed E-state index contributed by atoms with van der Waals surface area (Å²) in [5, 5.41) is 2.55. The van der Waals surface area contributed by atoms with Gasteiger partial charge in [0.15, 0.2) is 0 Å². The number of carbonyl (C=O) groups is 3. The van der Waals surface area contributed by atoms with Crippen LogP contribution < -0.4 is 5.32 Å². The van der Waals surface area contributed by atoms with Gasteiger partial charge in [-0.3, -0.25) is 19.3 Å². The van der Waals surface area contributed by atoms with E-state index in [2.05, 4.69) is 17.2 Å². The van der Waals surface area contributed by atoms with Gasteiger partial charge in [-0.25, -0.2) is 4.99 Å². The van der Waals surface area contributed by atoms with Crippen LogP contribution in [0.1, 0.15) is 66.2 Å². The molecule has 0 heterocycles. The molecule has 1 atom stereocenters. The Hall–Kier alpha value is -2.18. The van der Waals surface area contributed by atoms with Gasteiger partial charge in [0, 0.05) is 33.7 Å². The van der Waals surface area contributed by atoms with Crippen molar-refractivity contribution in [2.75, 3.05) is 20.7 Å². The van der Waals surface area contributed by atoms with Gasteiger partial charge in [-0.2, -0.15) is 0 Å². The van der Waals surface area contributed by atoms with E-state index in [0.717, 1.165) is 25.7 Å². The molecule has 0 radical (unpaired) electrons. The van der Waals surface area contributed by atoms with E-state index >= 15 is 0 Å². The van der Waals surface area contributed by atoms with Gasteiger partial charge in [0.25, 0.3) is 0 Å². The largest absolute Gasteiger partial charge is 0.466 e. The molecular formula is C20H35N3O4. The van der Waals surface area contributed by atoms with Crippen LogP contribution in [0, 0.1) is 5.92 Å². The quantitative estimate of drug-likeness (QED) is 0.244. The lowest BCUT2D eigenvalue weighted by molar-refractivity contribution is -0.144. The van der Waals surface area contributed by atoms with Gasteiger partial charge < -0.3 is 10.1 Å². The van der Waals surface area contributed by atoms with Crippen molar-refractivity contribution in [3.05, 3.63) is 11.4 Å². The number of unbranched alkanes of at least 4 members (excludes halogenated alkanes) is 1. The number of hydrogen-bond donors (Lipinski definition) is 1. The fourth-order valence-corrected chi connectivity index (χ4v) is 2.34. The van der Waals surface area contributed by atoms with Crippen LogP contribution in [-0.2, 0) is 19.1 Å². The number of hydrogen-bond acceptors (Lipinski definition) is 5. The highest BCUT2D eigenvalue weighted by Crippen LogP contribution is 2.15. The number of carbonyl (C=O) groups excluding carboxylic acids is 3. The average Bonchev–Trinajstić information content (AvgIpc) is 2.65. The predicted octanol–water partition coefficient (Wildman–Crippen LogP) is 3.05. The molecule has 0 aliphatic rings. The van der Waals surface area contributed by atoms with E-state index < -0.39 is 0 Å². The summed E-state index contributed by atoms with van der Waals surface area (Å²) in [6.07, 6.45) is 6.40. The van der Waals surface area contributed by atoms with E-state index in [4.69, 9.17) is 4.74 Å². The van der Waals surface area contributed by atoms with Gasteiger partial charge in [-0.05, 0) is 38.5 Å². The topological polar surface area (TPSA) is 88.1 Å². The molecule has 2 amide bonds. The van der Waals surface area contributed by atoms with Gasteiger partial charge in [0.2, 0.25) is 11.8 Å². The van der Waals surface area contributed by atoms with E-state index in [1.165, 1.54) is 18.9 Å². The fourth-order valence-electron chi connectivity index (χ4n) is 2.34. The molecule has 0 bridgehead atoms. The third kappa shape index (κ3) is 9.92. The van der Waals surface area contributed by atoms with E-state index in [1.54, 1.807) is 20.2 Å². The first kappa shape index (κ1) is 24.8. The van der Waals surface area contributed by atoms with Gasteiger partial charge in [-0.15, -0.1) is 0 Å². The smallest absolute Gasteiger partial charge is 0.305 e. The van der Waals surface area contributed by atoms with Crippen LogP contribution in [0.15, 0.2) is 16.4 Å². The van der Waals surface area contributed by atoms with Crippen molar-refractivity contribution in [3.63, 3.8) is 0 Å². The average molecular weight is 382 g/mol. The van der Waals surface area contributed by atoms with Crippen LogP contribution in [0.5, 0.6) is 0 Å². The molecule has 0 aromatic rings. The Bertz CT molecular complexity index is 555. The van der Waals surface area contributed by atoms with Crippen molar-refractivity contribution in [2.24, 2.45) is 10.9 Å². The molecule has 7 heteroatoms. The Morgan fingerprint density at radius 2 is 1.85 bits per heavy atom. The van der Waals surface area contributed by atoms with Crippen LogP contribution >= 0.6 is 0 Å². The lowest BCUT2D eigenvalue weighted by atomic mass is 10.0. The zero-order chi connectivity index (χ0) is 20.8. The summed E-state index contributed by atoms with van der Waals surface area (Å²) in [5.41, 5.74) is 0.376. The second-order valence-corrected chi connectivity index (χ2v) is 6.52. The zero-order valence-electron chi connectivity index (χ0n) is 17.6.